The van der Waals surface area contributed by atoms with Crippen LogP contribution in [0.15, 0.2) is 12.2 Å². The second kappa shape index (κ2) is 15.8. The standard InChI is InChI=1S/C39H66O14/c1-18(2)20(10-13-50-36-33(31(47)26(44)17-52-36)53-35-32(48)30(46)25(43)16-51-35)7-6-19(3)21-14-23(41)34-37(21,4)12-9-27-38(5)11-8-22(40)29(45)28(38)24(42)15-39(27,34)49/h6-7,18-36,40-49H,8-17H2,1-5H3/b7-6+/t19-,20-,21-,22+,23-,24+,25-,26-,27?,28?,29+,30+,31+,32-,33-,34?,35+,36-,37-,38-,39+/m1/s1. The van der Waals surface area contributed by atoms with E-state index >= 15 is 0 Å². The van der Waals surface area contributed by atoms with Crippen LogP contribution in [0.2, 0.25) is 0 Å². The molecule has 0 aromatic rings. The van der Waals surface area contributed by atoms with Crippen molar-refractivity contribution >= 4 is 0 Å². The molecule has 14 nitrogen and oxygen atoms in total. The van der Waals surface area contributed by atoms with Gasteiger partial charge in [0.15, 0.2) is 12.6 Å². The largest absolute Gasteiger partial charge is 0.393 e. The number of hydrogen-bond acceptors (Lipinski definition) is 14. The van der Waals surface area contributed by atoms with E-state index in [9.17, 15) is 51.1 Å². The highest BCUT2D eigenvalue weighted by molar-refractivity contribution is 5.21. The highest BCUT2D eigenvalue weighted by atomic mass is 16.7. The summed E-state index contributed by atoms with van der Waals surface area (Å²) in [5.74, 6) is -0.710. The van der Waals surface area contributed by atoms with Gasteiger partial charge in [-0.05, 0) is 78.9 Å². The van der Waals surface area contributed by atoms with Gasteiger partial charge in [0.05, 0.1) is 49.8 Å². The lowest BCUT2D eigenvalue weighted by atomic mass is 9.41. The molecule has 53 heavy (non-hydrogen) atoms. The minimum atomic E-state index is -1.59. The van der Waals surface area contributed by atoms with Crippen LogP contribution in [0.5, 0.6) is 0 Å². The molecule has 2 saturated heterocycles. The molecule has 21 atom stereocenters. The van der Waals surface area contributed by atoms with Gasteiger partial charge in [-0.25, -0.2) is 0 Å². The highest BCUT2D eigenvalue weighted by Crippen LogP contribution is 2.69. The highest BCUT2D eigenvalue weighted by Gasteiger charge is 2.71. The molecule has 14 heteroatoms. The number of ether oxygens (including phenoxy) is 4. The number of allylic oxidation sites excluding steroid dienone is 2. The minimum absolute atomic E-state index is 0.0668. The molecule has 2 aliphatic heterocycles. The molecule has 0 amide bonds. The topological polar surface area (TPSA) is 239 Å². The van der Waals surface area contributed by atoms with E-state index in [1.165, 1.54) is 0 Å². The molecule has 4 saturated carbocycles. The Kier molecular flexibility index (Phi) is 12.5. The van der Waals surface area contributed by atoms with Crippen LogP contribution >= 0.6 is 0 Å². The van der Waals surface area contributed by atoms with Crippen molar-refractivity contribution < 1.29 is 70.0 Å². The predicted octanol–water partition coefficient (Wildman–Crippen LogP) is -0.193. The Bertz CT molecular complexity index is 1270. The van der Waals surface area contributed by atoms with Crippen molar-refractivity contribution in [3.05, 3.63) is 12.2 Å². The Balaban J connectivity index is 1.10. The van der Waals surface area contributed by atoms with Crippen LogP contribution < -0.4 is 0 Å². The Morgan fingerprint density at radius 2 is 1.36 bits per heavy atom. The molecule has 4 aliphatic carbocycles. The zero-order valence-corrected chi connectivity index (χ0v) is 31.8. The Labute approximate surface area is 312 Å². The van der Waals surface area contributed by atoms with Gasteiger partial charge in [0.1, 0.15) is 36.6 Å². The van der Waals surface area contributed by atoms with E-state index < -0.39 is 96.5 Å². The summed E-state index contributed by atoms with van der Waals surface area (Å²) in [6.45, 7) is 10.3. The number of rotatable bonds is 10. The molecule has 306 valence electrons. The summed E-state index contributed by atoms with van der Waals surface area (Å²) in [7, 11) is 0. The van der Waals surface area contributed by atoms with Crippen molar-refractivity contribution in [3.63, 3.8) is 0 Å². The molecule has 10 N–H and O–H groups in total. The summed E-state index contributed by atoms with van der Waals surface area (Å²) >= 11 is 0. The van der Waals surface area contributed by atoms with Crippen molar-refractivity contribution in [3.8, 4) is 0 Å². The van der Waals surface area contributed by atoms with Crippen LogP contribution in [-0.4, -0.2) is 150 Å². The molecular weight excluding hydrogens is 692 g/mol. The SMILES string of the molecule is CC(C)[C@H](/C=C/[C@@H](C)[C@H]1C[C@@H](O)C2[C@]3(O)C[C@H](O)C4[C@@H](O)[C@@H](O)CC[C@]4(C)C3CC[C@@]21C)CCO[C@@H]1OC[C@@H](O)[C@H](O)[C@H]1O[C@@H]1OC[C@@H](O)[C@H](O)[C@H]1O. The molecule has 6 aliphatic rings. The normalized spacial score (nSPS) is 52.9. The van der Waals surface area contributed by atoms with Gasteiger partial charge in [-0.15, -0.1) is 0 Å². The fourth-order valence-corrected chi connectivity index (χ4v) is 12.0. The molecule has 0 radical (unpaired) electrons. The maximum atomic E-state index is 12.6. The number of fused-ring (bicyclic) bond motifs is 5. The zero-order valence-electron chi connectivity index (χ0n) is 31.8. The molecule has 3 unspecified atom stereocenters. The zero-order chi connectivity index (χ0) is 38.8. The summed E-state index contributed by atoms with van der Waals surface area (Å²) < 4.78 is 22.8. The van der Waals surface area contributed by atoms with Crippen LogP contribution in [-0.2, 0) is 18.9 Å². The third kappa shape index (κ3) is 7.42. The summed E-state index contributed by atoms with van der Waals surface area (Å²) in [5.41, 5.74) is -2.25. The van der Waals surface area contributed by atoms with Crippen molar-refractivity contribution in [1.82, 2.24) is 0 Å². The first-order chi connectivity index (χ1) is 24.8. The second-order valence-electron chi connectivity index (χ2n) is 18.3. The third-order valence-corrected chi connectivity index (χ3v) is 14.9. The number of aliphatic hydroxyl groups is 10. The third-order valence-electron chi connectivity index (χ3n) is 14.9. The van der Waals surface area contributed by atoms with E-state index in [1.807, 2.05) is 6.92 Å². The maximum absolute atomic E-state index is 12.6. The van der Waals surface area contributed by atoms with E-state index in [4.69, 9.17) is 18.9 Å². The van der Waals surface area contributed by atoms with E-state index in [0.29, 0.717) is 32.1 Å². The first kappa shape index (κ1) is 41.8. The Morgan fingerprint density at radius 3 is 2.04 bits per heavy atom. The predicted molar refractivity (Wildman–Crippen MR) is 188 cm³/mol. The van der Waals surface area contributed by atoms with E-state index in [1.54, 1.807) is 0 Å². The van der Waals surface area contributed by atoms with Crippen LogP contribution in [0.25, 0.3) is 0 Å². The fraction of sp³-hybridized carbons (Fsp3) is 0.949. The lowest BCUT2D eigenvalue weighted by Crippen LogP contribution is -2.70. The quantitative estimate of drug-likeness (QED) is 0.130. The van der Waals surface area contributed by atoms with Gasteiger partial charge in [-0.1, -0.05) is 46.8 Å². The van der Waals surface area contributed by atoms with Gasteiger partial charge >= 0.3 is 0 Å². The molecule has 2 heterocycles. The average molecular weight is 759 g/mol. The van der Waals surface area contributed by atoms with Gasteiger partial charge in [0, 0.05) is 18.3 Å². The molecule has 0 spiro atoms. The average Bonchev–Trinajstić information content (AvgIpc) is 3.37. The van der Waals surface area contributed by atoms with E-state index in [2.05, 4.69) is 39.8 Å². The van der Waals surface area contributed by atoms with E-state index in [0.717, 1.165) is 6.42 Å². The van der Waals surface area contributed by atoms with Gasteiger partial charge in [0.25, 0.3) is 0 Å². The van der Waals surface area contributed by atoms with Crippen molar-refractivity contribution in [1.29, 1.82) is 0 Å². The van der Waals surface area contributed by atoms with Crippen molar-refractivity contribution in [2.75, 3.05) is 19.8 Å². The molecule has 6 fully saturated rings. The van der Waals surface area contributed by atoms with E-state index in [-0.39, 0.29) is 61.2 Å². The molecule has 0 bridgehead atoms. The smallest absolute Gasteiger partial charge is 0.186 e. The first-order valence-electron chi connectivity index (χ1n) is 19.9. The summed E-state index contributed by atoms with van der Waals surface area (Å²) in [5, 5.41) is 108. The first-order valence-corrected chi connectivity index (χ1v) is 19.9. The van der Waals surface area contributed by atoms with Crippen molar-refractivity contribution in [2.24, 2.45) is 52.3 Å². The molecule has 6 rings (SSSR count). The van der Waals surface area contributed by atoms with Gasteiger partial charge in [0.2, 0.25) is 0 Å². The van der Waals surface area contributed by atoms with Crippen LogP contribution in [0.3, 0.4) is 0 Å². The van der Waals surface area contributed by atoms with Crippen LogP contribution in [0.1, 0.15) is 79.6 Å². The lowest BCUT2D eigenvalue weighted by molar-refractivity contribution is -0.343. The van der Waals surface area contributed by atoms with Crippen LogP contribution in [0, 0.1) is 52.3 Å². The Morgan fingerprint density at radius 1 is 0.717 bits per heavy atom. The van der Waals surface area contributed by atoms with Gasteiger partial charge < -0.3 is 70.0 Å². The molecular formula is C39H66O14. The fourth-order valence-electron chi connectivity index (χ4n) is 12.0. The van der Waals surface area contributed by atoms with Crippen molar-refractivity contribution in [2.45, 2.75) is 159 Å². The second-order valence-corrected chi connectivity index (χ2v) is 18.3. The number of aliphatic hydroxyl groups excluding tert-OH is 9. The monoisotopic (exact) mass is 758 g/mol. The van der Waals surface area contributed by atoms with Gasteiger partial charge in [-0.3, -0.25) is 0 Å². The summed E-state index contributed by atoms with van der Waals surface area (Å²) in [6.07, 6.45) is -6.41. The molecule has 0 aromatic heterocycles. The summed E-state index contributed by atoms with van der Waals surface area (Å²) in [6, 6.07) is 0. The van der Waals surface area contributed by atoms with Gasteiger partial charge in [-0.2, -0.15) is 0 Å². The number of hydrogen-bond donors (Lipinski definition) is 10. The lowest BCUT2D eigenvalue weighted by Gasteiger charge is -2.66. The Hall–Kier alpha value is -0.820. The maximum Gasteiger partial charge on any atom is 0.186 e. The summed E-state index contributed by atoms with van der Waals surface area (Å²) in [4.78, 5) is 0. The van der Waals surface area contributed by atoms with Crippen LogP contribution in [0.4, 0.5) is 0 Å². The molecule has 0 aromatic carbocycles. The minimum Gasteiger partial charge on any atom is -0.393 e.